The van der Waals surface area contributed by atoms with Gasteiger partial charge < -0.3 is 20.1 Å². The summed E-state index contributed by atoms with van der Waals surface area (Å²) >= 11 is 0. The predicted molar refractivity (Wildman–Crippen MR) is 152 cm³/mol. The summed E-state index contributed by atoms with van der Waals surface area (Å²) in [6.45, 7) is 5.87. The Morgan fingerprint density at radius 1 is 0.444 bits per heavy atom. The van der Waals surface area contributed by atoms with Gasteiger partial charge in [0.2, 0.25) is 0 Å². The Balaban J connectivity index is 1.30. The maximum absolute atomic E-state index is 5.74. The van der Waals surface area contributed by atoms with Crippen molar-refractivity contribution >= 4 is 22.7 Å². The summed E-state index contributed by atoms with van der Waals surface area (Å²) in [5, 5.41) is 6.91. The fourth-order valence-electron chi connectivity index (χ4n) is 3.76. The molecule has 0 aromatic heterocycles. The lowest BCUT2D eigenvalue weighted by molar-refractivity contribution is 0.309. The Hall–Kier alpha value is -3.92. The van der Waals surface area contributed by atoms with Crippen LogP contribution in [0, 0.1) is 0 Å². The van der Waals surface area contributed by atoms with Crippen LogP contribution in [0.1, 0.15) is 39.5 Å². The molecule has 0 aliphatic rings. The first-order chi connectivity index (χ1) is 17.7. The van der Waals surface area contributed by atoms with E-state index in [1.165, 1.54) is 11.1 Å². The molecule has 0 fully saturated rings. The zero-order valence-electron chi connectivity index (χ0n) is 21.3. The smallest absolute Gasteiger partial charge is 0.119 e. The van der Waals surface area contributed by atoms with Gasteiger partial charge >= 0.3 is 0 Å². The molecule has 0 aliphatic heterocycles. The molecule has 0 radical (unpaired) electrons. The van der Waals surface area contributed by atoms with E-state index in [1.54, 1.807) is 0 Å². The van der Waals surface area contributed by atoms with Crippen LogP contribution in [-0.2, 0) is 0 Å². The van der Waals surface area contributed by atoms with Gasteiger partial charge in [0.1, 0.15) is 11.5 Å². The van der Waals surface area contributed by atoms with Gasteiger partial charge in [-0.2, -0.15) is 0 Å². The molecule has 0 saturated carbocycles. The number of nitrogens with one attached hydrogen (secondary N) is 2. The van der Waals surface area contributed by atoms with Crippen LogP contribution < -0.4 is 20.1 Å². The van der Waals surface area contributed by atoms with E-state index < -0.39 is 0 Å². The zero-order valence-corrected chi connectivity index (χ0v) is 21.3. The number of rotatable bonds is 13. The van der Waals surface area contributed by atoms with E-state index in [0.29, 0.717) is 0 Å². The van der Waals surface area contributed by atoms with Gasteiger partial charge in [0.25, 0.3) is 0 Å². The molecule has 4 rings (SSSR count). The van der Waals surface area contributed by atoms with E-state index >= 15 is 0 Å². The van der Waals surface area contributed by atoms with Crippen LogP contribution in [0.25, 0.3) is 11.1 Å². The summed E-state index contributed by atoms with van der Waals surface area (Å²) in [4.78, 5) is 0. The number of ether oxygens (including phenoxy) is 2. The van der Waals surface area contributed by atoms with Gasteiger partial charge in [-0.25, -0.2) is 0 Å². The van der Waals surface area contributed by atoms with Crippen molar-refractivity contribution < 1.29 is 9.47 Å². The third kappa shape index (κ3) is 7.54. The number of hydrogen-bond donors (Lipinski definition) is 2. The average molecular weight is 481 g/mol. The van der Waals surface area contributed by atoms with Crippen molar-refractivity contribution in [1.82, 2.24) is 0 Å². The number of unbranched alkanes of at least 4 members (excludes halogenated alkanes) is 2. The first kappa shape index (κ1) is 25.2. The maximum atomic E-state index is 5.74. The Morgan fingerprint density at radius 2 is 0.750 bits per heavy atom. The third-order valence-electron chi connectivity index (χ3n) is 5.92. The summed E-state index contributed by atoms with van der Waals surface area (Å²) in [5.41, 5.74) is 6.56. The molecule has 4 aromatic carbocycles. The molecule has 0 bridgehead atoms. The minimum absolute atomic E-state index is 0.767. The maximum Gasteiger partial charge on any atom is 0.119 e. The van der Waals surface area contributed by atoms with E-state index in [1.807, 2.05) is 48.5 Å². The highest BCUT2D eigenvalue weighted by Gasteiger charge is 2.02. The van der Waals surface area contributed by atoms with E-state index in [9.17, 15) is 0 Å². The van der Waals surface area contributed by atoms with Crippen LogP contribution in [0.15, 0.2) is 97.1 Å². The van der Waals surface area contributed by atoms with Crippen molar-refractivity contribution in [3.05, 3.63) is 97.1 Å². The van der Waals surface area contributed by atoms with Gasteiger partial charge in [0, 0.05) is 22.7 Å². The first-order valence-corrected chi connectivity index (χ1v) is 12.9. The van der Waals surface area contributed by atoms with Crippen molar-refractivity contribution in [2.24, 2.45) is 0 Å². The lowest BCUT2D eigenvalue weighted by atomic mass is 10.0. The molecular weight excluding hydrogens is 444 g/mol. The van der Waals surface area contributed by atoms with Gasteiger partial charge in [0.15, 0.2) is 0 Å². The number of anilines is 4. The topological polar surface area (TPSA) is 42.5 Å². The molecule has 36 heavy (non-hydrogen) atoms. The Labute approximate surface area is 215 Å². The fourth-order valence-corrected chi connectivity index (χ4v) is 3.76. The molecular formula is C32H36N2O2. The quantitative estimate of drug-likeness (QED) is 0.187. The van der Waals surface area contributed by atoms with Crippen LogP contribution in [0.2, 0.25) is 0 Å². The van der Waals surface area contributed by atoms with Crippen LogP contribution in [-0.4, -0.2) is 13.2 Å². The fraction of sp³-hybridized carbons (Fsp3) is 0.250. The van der Waals surface area contributed by atoms with Crippen LogP contribution in [0.5, 0.6) is 11.5 Å². The Bertz CT molecular complexity index is 1070. The second-order valence-electron chi connectivity index (χ2n) is 8.86. The Morgan fingerprint density at radius 3 is 1.06 bits per heavy atom. The van der Waals surface area contributed by atoms with Crippen molar-refractivity contribution in [2.75, 3.05) is 23.8 Å². The first-order valence-electron chi connectivity index (χ1n) is 12.9. The summed E-state index contributed by atoms with van der Waals surface area (Å²) in [6, 6.07) is 33.3. The van der Waals surface area contributed by atoms with Crippen molar-refractivity contribution in [3.63, 3.8) is 0 Å². The molecule has 4 aromatic rings. The van der Waals surface area contributed by atoms with Gasteiger partial charge in [-0.15, -0.1) is 0 Å². The molecule has 0 spiro atoms. The lowest BCUT2D eigenvalue weighted by Crippen LogP contribution is -1.96. The zero-order chi connectivity index (χ0) is 25.0. The van der Waals surface area contributed by atoms with Crippen molar-refractivity contribution in [2.45, 2.75) is 39.5 Å². The molecule has 0 amide bonds. The summed E-state index contributed by atoms with van der Waals surface area (Å²) in [5.74, 6) is 1.83. The second-order valence-corrected chi connectivity index (χ2v) is 8.86. The molecule has 186 valence electrons. The highest BCUT2D eigenvalue weighted by Crippen LogP contribution is 2.27. The van der Waals surface area contributed by atoms with E-state index in [4.69, 9.17) is 9.47 Å². The summed E-state index contributed by atoms with van der Waals surface area (Å²) in [6.07, 6.45) is 4.43. The molecule has 0 atom stereocenters. The minimum Gasteiger partial charge on any atom is -0.494 e. The van der Waals surface area contributed by atoms with E-state index in [2.05, 4.69) is 73.0 Å². The highest BCUT2D eigenvalue weighted by molar-refractivity contribution is 5.71. The van der Waals surface area contributed by atoms with Crippen molar-refractivity contribution in [3.8, 4) is 22.6 Å². The SMILES string of the molecule is CCCCOc1ccc(Nc2ccc(-c3ccc(Nc4ccc(OCCCC)cc4)cc3)cc2)cc1. The van der Waals surface area contributed by atoms with Gasteiger partial charge in [0.05, 0.1) is 13.2 Å². The molecule has 2 N–H and O–H groups in total. The normalized spacial score (nSPS) is 10.6. The largest absolute Gasteiger partial charge is 0.494 e. The molecule has 4 nitrogen and oxygen atoms in total. The lowest BCUT2D eigenvalue weighted by Gasteiger charge is -2.11. The summed E-state index contributed by atoms with van der Waals surface area (Å²) < 4.78 is 11.5. The molecule has 0 unspecified atom stereocenters. The summed E-state index contributed by atoms with van der Waals surface area (Å²) in [7, 11) is 0. The second kappa shape index (κ2) is 13.2. The van der Waals surface area contributed by atoms with E-state index in [0.717, 1.165) is 73.1 Å². The molecule has 4 heteroatoms. The number of hydrogen-bond acceptors (Lipinski definition) is 4. The average Bonchev–Trinajstić information content (AvgIpc) is 2.92. The van der Waals surface area contributed by atoms with Gasteiger partial charge in [-0.1, -0.05) is 51.0 Å². The van der Waals surface area contributed by atoms with Gasteiger partial charge in [-0.3, -0.25) is 0 Å². The molecule has 0 saturated heterocycles. The number of benzene rings is 4. The van der Waals surface area contributed by atoms with Crippen LogP contribution >= 0.6 is 0 Å². The molecule has 0 heterocycles. The monoisotopic (exact) mass is 480 g/mol. The minimum atomic E-state index is 0.767. The predicted octanol–water partition coefficient (Wildman–Crippen LogP) is 9.20. The highest BCUT2D eigenvalue weighted by atomic mass is 16.5. The van der Waals surface area contributed by atoms with Crippen LogP contribution in [0.3, 0.4) is 0 Å². The van der Waals surface area contributed by atoms with E-state index in [-0.39, 0.29) is 0 Å². The van der Waals surface area contributed by atoms with Gasteiger partial charge in [-0.05, 0) is 96.8 Å². The van der Waals surface area contributed by atoms with Crippen molar-refractivity contribution in [1.29, 1.82) is 0 Å². The molecule has 0 aliphatic carbocycles. The van der Waals surface area contributed by atoms with Crippen LogP contribution in [0.4, 0.5) is 22.7 Å². The third-order valence-corrected chi connectivity index (χ3v) is 5.92. The Kier molecular flexibility index (Phi) is 9.26. The standard InChI is InChI=1S/C32H36N2O2/c1-3-5-23-35-31-19-15-29(16-20-31)33-27-11-7-25(8-12-27)26-9-13-28(14-10-26)34-30-17-21-32(22-18-30)36-24-6-4-2/h7-22,33-34H,3-6,23-24H2,1-2H3.